The molecule has 2 aromatic carbocycles. The number of carbonyl (C=O) groups excluding carboxylic acids is 1. The van der Waals surface area contributed by atoms with Gasteiger partial charge in [-0.1, -0.05) is 36.9 Å². The van der Waals surface area contributed by atoms with Gasteiger partial charge in [0, 0.05) is 51.4 Å². The Bertz CT molecular complexity index is 1490. The molecule has 0 bridgehead atoms. The number of piperidine rings is 1. The number of fused-ring (bicyclic) bond motifs is 1. The molecule has 0 spiro atoms. The monoisotopic (exact) mass is 570 g/mol. The Morgan fingerprint density at radius 3 is 2.33 bits per heavy atom. The molecule has 11 nitrogen and oxygen atoms in total. The molecule has 0 atom stereocenters. The molecule has 0 N–H and O–H groups in total. The molecular formula is C26H30N6O5S2. The van der Waals surface area contributed by atoms with E-state index < -0.39 is 14.9 Å². The number of rotatable bonds is 7. The number of benzene rings is 2. The fraction of sp³-hybridized carbons (Fsp3) is 0.423. The van der Waals surface area contributed by atoms with Crippen molar-refractivity contribution in [3.63, 3.8) is 0 Å². The summed E-state index contributed by atoms with van der Waals surface area (Å²) in [5.74, 6) is 1.56. The first-order valence-corrected chi connectivity index (χ1v) is 15.3. The molecule has 0 saturated carbocycles. The van der Waals surface area contributed by atoms with Gasteiger partial charge in [-0.3, -0.25) is 14.9 Å². The second kappa shape index (κ2) is 11.4. The molecular weight excluding hydrogens is 540 g/mol. The molecule has 3 aromatic rings. The number of sulfonamides is 1. The van der Waals surface area contributed by atoms with Crippen molar-refractivity contribution in [2.24, 2.45) is 5.92 Å². The molecule has 0 aliphatic carbocycles. The van der Waals surface area contributed by atoms with Crippen LogP contribution in [0.15, 0.2) is 58.5 Å². The van der Waals surface area contributed by atoms with Crippen molar-refractivity contribution < 1.29 is 18.1 Å². The van der Waals surface area contributed by atoms with Crippen LogP contribution in [-0.4, -0.2) is 83.4 Å². The Hall–Kier alpha value is -3.29. The van der Waals surface area contributed by atoms with Crippen molar-refractivity contribution in [1.82, 2.24) is 19.2 Å². The third-order valence-electron chi connectivity index (χ3n) is 7.19. The molecule has 1 aromatic heterocycles. The first-order chi connectivity index (χ1) is 18.7. The Balaban J connectivity index is 1.24. The van der Waals surface area contributed by atoms with Gasteiger partial charge in [0.2, 0.25) is 15.9 Å². The van der Waals surface area contributed by atoms with Crippen LogP contribution in [0.5, 0.6) is 0 Å². The minimum atomic E-state index is -3.90. The third kappa shape index (κ3) is 5.99. The Morgan fingerprint density at radius 1 is 1.00 bits per heavy atom. The summed E-state index contributed by atoms with van der Waals surface area (Å²) in [6.45, 7) is 4.78. The summed E-state index contributed by atoms with van der Waals surface area (Å²) in [6.07, 6.45) is 2.17. The molecule has 1 amide bonds. The molecule has 0 radical (unpaired) electrons. The molecule has 3 heterocycles. The van der Waals surface area contributed by atoms with E-state index in [9.17, 15) is 23.3 Å². The molecule has 2 saturated heterocycles. The van der Waals surface area contributed by atoms with Gasteiger partial charge in [0.25, 0.3) is 5.69 Å². The van der Waals surface area contributed by atoms with Gasteiger partial charge in [0.15, 0.2) is 5.82 Å². The smallest absolute Gasteiger partial charge is 0.270 e. The number of piperazine rings is 1. The van der Waals surface area contributed by atoms with Crippen LogP contribution in [0.2, 0.25) is 0 Å². The van der Waals surface area contributed by atoms with Gasteiger partial charge in [0.1, 0.15) is 5.03 Å². The summed E-state index contributed by atoms with van der Waals surface area (Å²) >= 11 is 1.36. The fourth-order valence-electron chi connectivity index (χ4n) is 4.80. The quantitative estimate of drug-likeness (QED) is 0.238. The zero-order chi connectivity index (χ0) is 27.6. The second-order valence-electron chi connectivity index (χ2n) is 9.84. The number of hydrogen-bond acceptors (Lipinski definition) is 9. The number of anilines is 1. The zero-order valence-electron chi connectivity index (χ0n) is 21.6. The van der Waals surface area contributed by atoms with Crippen molar-refractivity contribution >= 4 is 50.2 Å². The summed E-state index contributed by atoms with van der Waals surface area (Å²) in [5, 5.41) is 11.8. The van der Waals surface area contributed by atoms with Gasteiger partial charge in [-0.2, -0.15) is 4.31 Å². The highest BCUT2D eigenvalue weighted by molar-refractivity contribution is 8.00. The molecule has 13 heteroatoms. The molecule has 2 fully saturated rings. The summed E-state index contributed by atoms with van der Waals surface area (Å²) in [6, 6.07) is 12.7. The van der Waals surface area contributed by atoms with Crippen molar-refractivity contribution in [1.29, 1.82) is 0 Å². The second-order valence-corrected chi connectivity index (χ2v) is 12.7. The van der Waals surface area contributed by atoms with Crippen molar-refractivity contribution in [3.05, 3.63) is 58.6 Å². The Morgan fingerprint density at radius 2 is 1.67 bits per heavy atom. The van der Waals surface area contributed by atoms with E-state index in [2.05, 4.69) is 11.8 Å². The average Bonchev–Trinajstić information content (AvgIpc) is 2.96. The van der Waals surface area contributed by atoms with Gasteiger partial charge in [0.05, 0.1) is 26.6 Å². The van der Waals surface area contributed by atoms with Gasteiger partial charge in [-0.25, -0.2) is 18.4 Å². The van der Waals surface area contributed by atoms with Gasteiger partial charge in [-0.15, -0.1) is 0 Å². The number of amides is 1. The summed E-state index contributed by atoms with van der Waals surface area (Å²) < 4.78 is 27.4. The number of aromatic nitrogens is 2. The van der Waals surface area contributed by atoms with E-state index in [1.54, 1.807) is 4.90 Å². The molecule has 2 aliphatic rings. The highest BCUT2D eigenvalue weighted by Gasteiger charge is 2.31. The Kier molecular flexibility index (Phi) is 8.01. The van der Waals surface area contributed by atoms with Crippen LogP contribution in [0, 0.1) is 16.0 Å². The molecule has 0 unspecified atom stereocenters. The summed E-state index contributed by atoms with van der Waals surface area (Å²) in [4.78, 5) is 37.1. The molecule has 206 valence electrons. The van der Waals surface area contributed by atoms with Crippen molar-refractivity contribution in [2.75, 3.05) is 49.9 Å². The molecule has 39 heavy (non-hydrogen) atoms. The summed E-state index contributed by atoms with van der Waals surface area (Å²) in [5.41, 5.74) is 1.32. The Labute approximate surface area is 231 Å². The van der Waals surface area contributed by atoms with E-state index in [1.807, 2.05) is 24.3 Å². The number of hydrogen-bond donors (Lipinski definition) is 0. The van der Waals surface area contributed by atoms with E-state index >= 15 is 0 Å². The maximum atomic E-state index is 13.1. The highest BCUT2D eigenvalue weighted by Crippen LogP contribution is 2.32. The van der Waals surface area contributed by atoms with E-state index in [4.69, 9.17) is 9.97 Å². The van der Waals surface area contributed by atoms with Crippen LogP contribution in [0.3, 0.4) is 0 Å². The molecule has 2 aliphatic heterocycles. The SMILES string of the molecule is CC1CCN(c2nc3ccccc3nc2SCC(=O)N2CCN(S(=O)(=O)c3cccc([N+](=O)[O-])c3)CC2)CC1. The number of carbonyl (C=O) groups is 1. The van der Waals surface area contributed by atoms with E-state index in [0.29, 0.717) is 5.92 Å². The van der Waals surface area contributed by atoms with Crippen molar-refractivity contribution in [2.45, 2.75) is 29.7 Å². The number of thioether (sulfide) groups is 1. The lowest BCUT2D eigenvalue weighted by molar-refractivity contribution is -0.385. The fourth-order valence-corrected chi connectivity index (χ4v) is 7.18. The maximum absolute atomic E-state index is 13.1. The van der Waals surface area contributed by atoms with Crippen LogP contribution < -0.4 is 4.90 Å². The lowest BCUT2D eigenvalue weighted by Crippen LogP contribution is -2.51. The summed E-state index contributed by atoms with van der Waals surface area (Å²) in [7, 11) is -3.90. The topological polar surface area (TPSA) is 130 Å². The van der Waals surface area contributed by atoms with Gasteiger partial charge < -0.3 is 9.80 Å². The minimum absolute atomic E-state index is 0.0967. The van der Waals surface area contributed by atoms with Crippen LogP contribution in [0.4, 0.5) is 11.5 Å². The number of nitro groups is 1. The minimum Gasteiger partial charge on any atom is -0.354 e. The highest BCUT2D eigenvalue weighted by atomic mass is 32.2. The van der Waals surface area contributed by atoms with Gasteiger partial charge in [-0.05, 0) is 37.0 Å². The number of nitrogens with zero attached hydrogens (tertiary/aromatic N) is 6. The van der Waals surface area contributed by atoms with E-state index in [1.165, 1.54) is 34.3 Å². The van der Waals surface area contributed by atoms with Crippen LogP contribution in [0.1, 0.15) is 19.8 Å². The van der Waals surface area contributed by atoms with Crippen LogP contribution >= 0.6 is 11.8 Å². The number of non-ortho nitro benzene ring substituents is 1. The van der Waals surface area contributed by atoms with Crippen LogP contribution in [-0.2, 0) is 14.8 Å². The first-order valence-electron chi connectivity index (χ1n) is 12.9. The van der Waals surface area contributed by atoms with Crippen molar-refractivity contribution in [3.8, 4) is 0 Å². The first kappa shape index (κ1) is 27.3. The number of nitro benzene ring substituents is 1. The third-order valence-corrected chi connectivity index (χ3v) is 10.0. The predicted molar refractivity (Wildman–Crippen MR) is 149 cm³/mol. The lowest BCUT2D eigenvalue weighted by atomic mass is 9.99. The van der Waals surface area contributed by atoms with E-state index in [0.717, 1.165) is 53.9 Å². The predicted octanol–water partition coefficient (Wildman–Crippen LogP) is 3.40. The van der Waals surface area contributed by atoms with Crippen LogP contribution in [0.25, 0.3) is 11.0 Å². The standard InChI is InChI=1S/C26H30N6O5S2/c1-19-9-11-30(12-10-19)25-26(28-23-8-3-2-7-22(23)27-25)38-18-24(33)29-13-15-31(16-14-29)39(36,37)21-6-4-5-20(17-21)32(34)35/h2-8,17,19H,9-16,18H2,1H3. The number of para-hydroxylation sites is 2. The average molecular weight is 571 g/mol. The van der Waals surface area contributed by atoms with E-state index in [-0.39, 0.29) is 48.4 Å². The lowest BCUT2D eigenvalue weighted by Gasteiger charge is -2.34. The zero-order valence-corrected chi connectivity index (χ0v) is 23.2. The normalized spacial score (nSPS) is 17.5. The maximum Gasteiger partial charge on any atom is 0.270 e. The molecule has 5 rings (SSSR count). The van der Waals surface area contributed by atoms with Gasteiger partial charge >= 0.3 is 0 Å². The largest absolute Gasteiger partial charge is 0.354 e.